The summed E-state index contributed by atoms with van der Waals surface area (Å²) >= 11 is 0. The number of hydrogen-bond donors (Lipinski definition) is 4. The maximum absolute atomic E-state index is 14.3. The van der Waals surface area contributed by atoms with E-state index in [9.17, 15) is 33.6 Å². The average molecular weight is 687 g/mol. The van der Waals surface area contributed by atoms with Crippen molar-refractivity contribution in [2.45, 2.75) is 131 Å². The van der Waals surface area contributed by atoms with Gasteiger partial charge in [0.05, 0.1) is 12.1 Å². The minimum atomic E-state index is -1.02. The van der Waals surface area contributed by atoms with Crippen LogP contribution in [0.1, 0.15) is 107 Å². The summed E-state index contributed by atoms with van der Waals surface area (Å²) in [6, 6.07) is -4.04. The summed E-state index contributed by atoms with van der Waals surface area (Å²) in [6.45, 7) is 15.9. The van der Waals surface area contributed by atoms with E-state index in [0.29, 0.717) is 25.9 Å². The Kier molecular flexibility index (Phi) is 11.7. The standard InChI is InChI=1S/C36H58N6O7/c1-21(43)30(46)23-14-12-10-9-11-13-15-37-18-24(32(48)42-19-22-28(36(22,7)8)29(42)31(47)38-23)39-33(49)40-25(34(2,3)4)20-41-26(44)16-35(5,6)17-27(41)45/h22-25,28-29,37H,9-20H2,1-8H3,(H,38,47)(H2,39,40,49)/t22-,23-,24-,25+,28-,29-/m0/s1. The Morgan fingerprint density at radius 3 is 2.16 bits per heavy atom. The van der Waals surface area contributed by atoms with Crippen molar-refractivity contribution in [2.24, 2.45) is 28.1 Å². The fourth-order valence-corrected chi connectivity index (χ4v) is 7.85. The molecular formula is C36H58N6O7. The van der Waals surface area contributed by atoms with E-state index in [4.69, 9.17) is 0 Å². The molecule has 3 heterocycles. The van der Waals surface area contributed by atoms with Crippen LogP contribution in [0.15, 0.2) is 0 Å². The summed E-state index contributed by atoms with van der Waals surface area (Å²) in [6.07, 6.45) is 5.06. The van der Waals surface area contributed by atoms with Gasteiger partial charge in [0.15, 0.2) is 5.78 Å². The fourth-order valence-electron chi connectivity index (χ4n) is 7.85. The van der Waals surface area contributed by atoms with Gasteiger partial charge < -0.3 is 26.2 Å². The normalized spacial score (nSPS) is 30.1. The number of carbonyl (C=O) groups is 7. The predicted octanol–water partition coefficient (Wildman–Crippen LogP) is 2.31. The Morgan fingerprint density at radius 2 is 1.55 bits per heavy atom. The molecular weight excluding hydrogens is 628 g/mol. The molecule has 6 amide bonds. The Bertz CT molecular complexity index is 1320. The molecule has 0 aromatic heterocycles. The van der Waals surface area contributed by atoms with Crippen LogP contribution >= 0.6 is 0 Å². The van der Waals surface area contributed by atoms with Gasteiger partial charge >= 0.3 is 6.03 Å². The summed E-state index contributed by atoms with van der Waals surface area (Å²) in [4.78, 5) is 95.4. The minimum Gasteiger partial charge on any atom is -0.344 e. The first-order chi connectivity index (χ1) is 22.7. The molecule has 0 bridgehead atoms. The summed E-state index contributed by atoms with van der Waals surface area (Å²) in [7, 11) is 0. The molecule has 0 unspecified atom stereocenters. The van der Waals surface area contributed by atoms with E-state index in [0.717, 1.165) is 25.7 Å². The monoisotopic (exact) mass is 686 g/mol. The number of likely N-dealkylation sites (tertiary alicyclic amines) is 1. The van der Waals surface area contributed by atoms with Crippen molar-refractivity contribution >= 4 is 41.2 Å². The zero-order valence-corrected chi connectivity index (χ0v) is 30.7. The molecule has 0 radical (unpaired) electrons. The molecule has 274 valence electrons. The van der Waals surface area contributed by atoms with Crippen molar-refractivity contribution < 1.29 is 33.6 Å². The SMILES string of the molecule is CC(=O)C(=O)[C@@H]1CCCCCCCNC[C@H](NC(=O)N[C@H](CN2C(=O)CC(C)(C)CC2=O)C(C)(C)C)C(=O)N2C[C@H]3[C@@H]([C@H]2C(=O)N1)C3(C)C. The van der Waals surface area contributed by atoms with Gasteiger partial charge in [-0.25, -0.2) is 4.79 Å². The Hall–Kier alpha value is -3.35. The van der Waals surface area contributed by atoms with Crippen molar-refractivity contribution in [3.8, 4) is 0 Å². The smallest absolute Gasteiger partial charge is 0.315 e. The first-order valence-corrected chi connectivity index (χ1v) is 18.0. The first kappa shape index (κ1) is 38.5. The number of ketones is 2. The molecule has 13 nitrogen and oxygen atoms in total. The van der Waals surface area contributed by atoms with Crippen molar-refractivity contribution in [1.29, 1.82) is 0 Å². The molecule has 4 rings (SSSR count). The highest BCUT2D eigenvalue weighted by atomic mass is 16.2. The highest BCUT2D eigenvalue weighted by Crippen LogP contribution is 2.64. The van der Waals surface area contributed by atoms with E-state index in [-0.39, 0.29) is 55.0 Å². The largest absolute Gasteiger partial charge is 0.344 e. The third-order valence-electron chi connectivity index (χ3n) is 11.1. The summed E-state index contributed by atoms with van der Waals surface area (Å²) in [5.74, 6) is -2.72. The lowest BCUT2D eigenvalue weighted by Gasteiger charge is -2.40. The van der Waals surface area contributed by atoms with Crippen LogP contribution in [0.3, 0.4) is 0 Å². The maximum atomic E-state index is 14.3. The predicted molar refractivity (Wildman–Crippen MR) is 183 cm³/mol. The van der Waals surface area contributed by atoms with E-state index in [2.05, 4.69) is 35.1 Å². The van der Waals surface area contributed by atoms with E-state index >= 15 is 0 Å². The number of nitrogens with one attached hydrogen (secondary N) is 4. The van der Waals surface area contributed by atoms with Crippen LogP contribution in [0.5, 0.6) is 0 Å². The lowest BCUT2D eigenvalue weighted by atomic mass is 9.80. The number of piperidine rings is 2. The van der Waals surface area contributed by atoms with Crippen molar-refractivity contribution in [1.82, 2.24) is 31.1 Å². The van der Waals surface area contributed by atoms with Gasteiger partial charge in [0.25, 0.3) is 0 Å². The number of urea groups is 1. The maximum Gasteiger partial charge on any atom is 0.315 e. The van der Waals surface area contributed by atoms with E-state index in [1.807, 2.05) is 34.6 Å². The quantitative estimate of drug-likeness (QED) is 0.243. The highest BCUT2D eigenvalue weighted by Gasteiger charge is 2.69. The molecule has 0 aromatic rings. The lowest BCUT2D eigenvalue weighted by Crippen LogP contribution is -2.62. The van der Waals surface area contributed by atoms with Crippen LogP contribution < -0.4 is 21.3 Å². The van der Waals surface area contributed by atoms with Crippen molar-refractivity contribution in [3.63, 3.8) is 0 Å². The van der Waals surface area contributed by atoms with Crippen LogP contribution in [-0.2, 0) is 28.8 Å². The van der Waals surface area contributed by atoms with Gasteiger partial charge in [0, 0.05) is 39.4 Å². The number of carbonyl (C=O) groups excluding carboxylic acids is 7. The number of nitrogens with zero attached hydrogens (tertiary/aromatic N) is 2. The van der Waals surface area contributed by atoms with Crippen molar-refractivity contribution in [2.75, 3.05) is 26.2 Å². The van der Waals surface area contributed by atoms with Crippen LogP contribution in [-0.4, -0.2) is 101 Å². The third-order valence-corrected chi connectivity index (χ3v) is 11.1. The van der Waals surface area contributed by atoms with Crippen molar-refractivity contribution in [3.05, 3.63) is 0 Å². The number of rotatable bonds is 6. The first-order valence-electron chi connectivity index (χ1n) is 18.0. The van der Waals surface area contributed by atoms with Gasteiger partial charge in [-0.15, -0.1) is 0 Å². The highest BCUT2D eigenvalue weighted by molar-refractivity contribution is 6.38. The Labute approximate surface area is 290 Å². The van der Waals surface area contributed by atoms with Gasteiger partial charge in [-0.05, 0) is 47.5 Å². The number of amides is 6. The lowest BCUT2D eigenvalue weighted by molar-refractivity contribution is -0.153. The summed E-state index contributed by atoms with van der Waals surface area (Å²) in [5.41, 5.74) is -1.14. The molecule has 4 fully saturated rings. The molecule has 3 saturated heterocycles. The second kappa shape index (κ2) is 14.9. The minimum absolute atomic E-state index is 0.00843. The molecule has 4 N–H and O–H groups in total. The van der Waals surface area contributed by atoms with E-state index < -0.39 is 64.4 Å². The molecule has 6 atom stereocenters. The van der Waals surface area contributed by atoms with Gasteiger partial charge in [0.2, 0.25) is 29.4 Å². The second-order valence-corrected chi connectivity index (χ2v) is 17.1. The van der Waals surface area contributed by atoms with E-state index in [1.54, 1.807) is 0 Å². The molecule has 49 heavy (non-hydrogen) atoms. The molecule has 0 spiro atoms. The van der Waals surface area contributed by atoms with Gasteiger partial charge in [-0.1, -0.05) is 74.1 Å². The average Bonchev–Trinajstić information content (AvgIpc) is 3.29. The number of fused-ring (bicyclic) bond motifs is 3. The third kappa shape index (κ3) is 9.07. The zero-order valence-electron chi connectivity index (χ0n) is 30.7. The molecule has 3 aliphatic heterocycles. The fraction of sp³-hybridized carbons (Fsp3) is 0.806. The number of hydrogen-bond acceptors (Lipinski definition) is 8. The second-order valence-electron chi connectivity index (χ2n) is 17.1. The van der Waals surface area contributed by atoms with Crippen LogP contribution in [0.4, 0.5) is 4.79 Å². The molecule has 0 aromatic carbocycles. The molecule has 1 aliphatic carbocycles. The van der Waals surface area contributed by atoms with Crippen LogP contribution in [0, 0.1) is 28.1 Å². The van der Waals surface area contributed by atoms with Gasteiger partial charge in [-0.2, -0.15) is 0 Å². The topological polar surface area (TPSA) is 174 Å². The molecule has 4 aliphatic rings. The van der Waals surface area contributed by atoms with Gasteiger partial charge in [0.1, 0.15) is 12.1 Å². The molecule has 13 heteroatoms. The van der Waals surface area contributed by atoms with Crippen LogP contribution in [0.2, 0.25) is 0 Å². The Balaban J connectivity index is 1.55. The van der Waals surface area contributed by atoms with E-state index in [1.165, 1.54) is 16.7 Å². The summed E-state index contributed by atoms with van der Waals surface area (Å²) in [5, 5.41) is 11.9. The zero-order chi connectivity index (χ0) is 36.5. The summed E-state index contributed by atoms with van der Waals surface area (Å²) < 4.78 is 0. The number of Topliss-reactive ketones (excluding diaryl/α,β-unsaturated/α-hetero) is 2. The van der Waals surface area contributed by atoms with Gasteiger partial charge in [-0.3, -0.25) is 33.7 Å². The number of imide groups is 1. The Morgan fingerprint density at radius 1 is 0.939 bits per heavy atom. The molecule has 1 saturated carbocycles. The van der Waals surface area contributed by atoms with Crippen LogP contribution in [0.25, 0.3) is 0 Å².